The van der Waals surface area contributed by atoms with Gasteiger partial charge in [0.05, 0.1) is 17.0 Å². The topological polar surface area (TPSA) is 26.3 Å². The zero-order valence-corrected chi connectivity index (χ0v) is 12.5. The van der Waals surface area contributed by atoms with E-state index in [9.17, 15) is 9.18 Å². The van der Waals surface area contributed by atoms with Crippen LogP contribution in [0.15, 0.2) is 40.9 Å². The summed E-state index contributed by atoms with van der Waals surface area (Å²) < 4.78 is 20.6. The Bertz CT molecular complexity index is 702. The Kier molecular flexibility index (Phi) is 3.52. The second-order valence-corrected chi connectivity index (χ2v) is 5.84. The van der Waals surface area contributed by atoms with Crippen LogP contribution < -0.4 is 4.74 Å². The second kappa shape index (κ2) is 5.19. The van der Waals surface area contributed by atoms with Crippen molar-refractivity contribution in [1.29, 1.82) is 0 Å². The van der Waals surface area contributed by atoms with Gasteiger partial charge in [-0.2, -0.15) is 0 Å². The lowest BCUT2D eigenvalue weighted by molar-refractivity contribution is 0.0845. The third kappa shape index (κ3) is 2.34. The molecule has 102 valence electrons. The van der Waals surface area contributed by atoms with E-state index in [0.717, 1.165) is 4.47 Å². The minimum absolute atomic E-state index is 0.0265. The van der Waals surface area contributed by atoms with Crippen LogP contribution in [0.25, 0.3) is 0 Å². The highest BCUT2D eigenvalue weighted by molar-refractivity contribution is 9.10. The Labute approximate surface area is 128 Å². The number of carbonyl (C=O) groups is 1. The van der Waals surface area contributed by atoms with E-state index in [-0.39, 0.29) is 17.2 Å². The van der Waals surface area contributed by atoms with Crippen LogP contribution in [-0.2, 0) is 0 Å². The molecular weight excluding hydrogens is 347 g/mol. The van der Waals surface area contributed by atoms with Crippen LogP contribution in [-0.4, -0.2) is 5.78 Å². The fraction of sp³-hybridized carbons (Fsp3) is 0.133. The molecule has 0 N–H and O–H groups in total. The molecule has 0 fully saturated rings. The number of Topliss-reactive ketones (excluding diaryl/α,β-unsaturated/α-hetero) is 1. The summed E-state index contributed by atoms with van der Waals surface area (Å²) in [6.45, 7) is 0. The molecule has 1 aliphatic heterocycles. The van der Waals surface area contributed by atoms with Crippen LogP contribution in [0.5, 0.6) is 5.75 Å². The zero-order chi connectivity index (χ0) is 14.3. The van der Waals surface area contributed by atoms with Crippen LogP contribution >= 0.6 is 27.5 Å². The van der Waals surface area contributed by atoms with Gasteiger partial charge in [-0.1, -0.05) is 39.7 Å². The lowest BCUT2D eigenvalue weighted by Crippen LogP contribution is -2.21. The van der Waals surface area contributed by atoms with E-state index in [1.807, 2.05) is 0 Å². The van der Waals surface area contributed by atoms with Gasteiger partial charge < -0.3 is 4.74 Å². The third-order valence-corrected chi connectivity index (χ3v) is 4.00. The van der Waals surface area contributed by atoms with Crippen molar-refractivity contribution in [2.45, 2.75) is 12.5 Å². The number of benzene rings is 2. The van der Waals surface area contributed by atoms with Crippen molar-refractivity contribution in [2.75, 3.05) is 0 Å². The molecule has 1 aliphatic rings. The van der Waals surface area contributed by atoms with Gasteiger partial charge in [-0.25, -0.2) is 4.39 Å². The molecular formula is C15H9BrClFO2. The molecule has 0 bridgehead atoms. The van der Waals surface area contributed by atoms with Crippen LogP contribution in [0.2, 0.25) is 5.02 Å². The van der Waals surface area contributed by atoms with Gasteiger partial charge in [-0.15, -0.1) is 0 Å². The summed E-state index contributed by atoms with van der Waals surface area (Å²) in [6, 6.07) is 9.89. The number of halogens is 3. The maximum Gasteiger partial charge on any atom is 0.170 e. The smallest absolute Gasteiger partial charge is 0.170 e. The molecule has 0 saturated heterocycles. The second-order valence-electron chi connectivity index (χ2n) is 4.52. The number of ketones is 1. The number of hydrogen-bond acceptors (Lipinski definition) is 2. The van der Waals surface area contributed by atoms with Gasteiger partial charge in [0.2, 0.25) is 0 Å². The van der Waals surface area contributed by atoms with Crippen molar-refractivity contribution in [3.05, 3.63) is 62.8 Å². The van der Waals surface area contributed by atoms with Crippen LogP contribution in [0, 0.1) is 5.82 Å². The molecule has 20 heavy (non-hydrogen) atoms. The standard InChI is InChI=1S/C15H9BrClFO2/c16-8-4-5-9-12(19)7-14(20-13(9)6-8)10-2-1-3-11(17)15(10)18/h1-6,14H,7H2. The number of carbonyl (C=O) groups excluding carboxylic acids is 1. The largest absolute Gasteiger partial charge is 0.484 e. The molecule has 0 aliphatic carbocycles. The van der Waals surface area contributed by atoms with E-state index >= 15 is 0 Å². The molecule has 2 aromatic rings. The minimum Gasteiger partial charge on any atom is -0.484 e. The summed E-state index contributed by atoms with van der Waals surface area (Å²) >= 11 is 9.10. The van der Waals surface area contributed by atoms with Crippen molar-refractivity contribution < 1.29 is 13.9 Å². The summed E-state index contributed by atoms with van der Waals surface area (Å²) in [5, 5.41) is 0.0265. The third-order valence-electron chi connectivity index (χ3n) is 3.21. The van der Waals surface area contributed by atoms with Crippen molar-refractivity contribution >= 4 is 33.3 Å². The first-order valence-electron chi connectivity index (χ1n) is 5.99. The van der Waals surface area contributed by atoms with Gasteiger partial charge >= 0.3 is 0 Å². The van der Waals surface area contributed by atoms with Gasteiger partial charge in [-0.05, 0) is 24.3 Å². The average molecular weight is 356 g/mol. The molecule has 3 rings (SSSR count). The summed E-state index contributed by atoms with van der Waals surface area (Å²) in [5.74, 6) is -0.145. The summed E-state index contributed by atoms with van der Waals surface area (Å²) in [7, 11) is 0. The Balaban J connectivity index is 2.03. The average Bonchev–Trinajstić information content (AvgIpc) is 2.41. The number of rotatable bonds is 1. The first-order chi connectivity index (χ1) is 9.56. The Morgan fingerprint density at radius 1 is 1.30 bits per heavy atom. The van der Waals surface area contributed by atoms with Gasteiger partial charge in [0, 0.05) is 10.0 Å². The van der Waals surface area contributed by atoms with Gasteiger partial charge in [-0.3, -0.25) is 4.79 Å². The van der Waals surface area contributed by atoms with E-state index in [2.05, 4.69) is 15.9 Å². The van der Waals surface area contributed by atoms with Gasteiger partial charge in [0.1, 0.15) is 17.7 Å². The first kappa shape index (κ1) is 13.6. The molecule has 0 saturated carbocycles. The molecule has 2 nitrogen and oxygen atoms in total. The molecule has 1 unspecified atom stereocenters. The number of ether oxygens (including phenoxy) is 1. The predicted molar refractivity (Wildman–Crippen MR) is 77.9 cm³/mol. The number of hydrogen-bond donors (Lipinski definition) is 0. The lowest BCUT2D eigenvalue weighted by atomic mass is 9.96. The normalized spacial score (nSPS) is 17.6. The lowest BCUT2D eigenvalue weighted by Gasteiger charge is -2.26. The monoisotopic (exact) mass is 354 g/mol. The fourth-order valence-corrected chi connectivity index (χ4v) is 2.76. The van der Waals surface area contributed by atoms with E-state index in [1.54, 1.807) is 30.3 Å². The quantitative estimate of drug-likeness (QED) is 0.723. The Hall–Kier alpha value is -1.39. The molecule has 0 radical (unpaired) electrons. The molecule has 0 aromatic heterocycles. The van der Waals surface area contributed by atoms with Crippen LogP contribution in [0.3, 0.4) is 0 Å². The van der Waals surface area contributed by atoms with Gasteiger partial charge in [0.25, 0.3) is 0 Å². The van der Waals surface area contributed by atoms with Crippen LogP contribution in [0.4, 0.5) is 4.39 Å². The molecule has 0 spiro atoms. The summed E-state index contributed by atoms with van der Waals surface area (Å²) in [5.41, 5.74) is 0.823. The Morgan fingerprint density at radius 2 is 2.10 bits per heavy atom. The predicted octanol–water partition coefficient (Wildman–Crippen LogP) is 4.95. The zero-order valence-electron chi connectivity index (χ0n) is 10.2. The highest BCUT2D eigenvalue weighted by Gasteiger charge is 2.29. The van der Waals surface area contributed by atoms with E-state index in [4.69, 9.17) is 16.3 Å². The molecule has 0 amide bonds. The summed E-state index contributed by atoms with van der Waals surface area (Å²) in [6.07, 6.45) is -0.547. The summed E-state index contributed by atoms with van der Waals surface area (Å²) in [4.78, 5) is 12.1. The highest BCUT2D eigenvalue weighted by Crippen LogP contribution is 2.38. The molecule has 1 atom stereocenters. The van der Waals surface area contributed by atoms with E-state index in [0.29, 0.717) is 16.9 Å². The number of fused-ring (bicyclic) bond motifs is 1. The van der Waals surface area contributed by atoms with Crippen molar-refractivity contribution in [2.24, 2.45) is 0 Å². The molecule has 2 aromatic carbocycles. The minimum atomic E-state index is -0.650. The van der Waals surface area contributed by atoms with Crippen molar-refractivity contribution in [1.82, 2.24) is 0 Å². The SMILES string of the molecule is O=C1CC(c2cccc(Cl)c2F)Oc2cc(Br)ccc21. The maximum absolute atomic E-state index is 14.0. The van der Waals surface area contributed by atoms with Crippen molar-refractivity contribution in [3.63, 3.8) is 0 Å². The van der Waals surface area contributed by atoms with Crippen molar-refractivity contribution in [3.8, 4) is 5.75 Å². The fourth-order valence-electron chi connectivity index (χ4n) is 2.24. The highest BCUT2D eigenvalue weighted by atomic mass is 79.9. The van der Waals surface area contributed by atoms with Gasteiger partial charge in [0.15, 0.2) is 5.78 Å². The Morgan fingerprint density at radius 3 is 2.90 bits per heavy atom. The molecule has 1 heterocycles. The maximum atomic E-state index is 14.0. The van der Waals surface area contributed by atoms with E-state index < -0.39 is 11.9 Å². The molecule has 5 heteroatoms. The van der Waals surface area contributed by atoms with Crippen LogP contribution in [0.1, 0.15) is 28.4 Å². The first-order valence-corrected chi connectivity index (χ1v) is 7.16. The van der Waals surface area contributed by atoms with E-state index in [1.165, 1.54) is 6.07 Å².